The molecule has 1 amide bonds. The van der Waals surface area contributed by atoms with Crippen molar-refractivity contribution in [2.75, 3.05) is 13.2 Å². The van der Waals surface area contributed by atoms with Gasteiger partial charge in [-0.05, 0) is 53.6 Å². The van der Waals surface area contributed by atoms with Crippen molar-refractivity contribution in [2.24, 2.45) is 5.92 Å². The normalized spacial score (nSPS) is 17.7. The molecule has 3 atom stereocenters. The molecule has 0 spiro atoms. The van der Waals surface area contributed by atoms with Crippen molar-refractivity contribution in [1.29, 1.82) is 0 Å². The number of benzene rings is 3. The Morgan fingerprint density at radius 2 is 1.61 bits per heavy atom. The van der Waals surface area contributed by atoms with Crippen LogP contribution < -0.4 is 0 Å². The van der Waals surface area contributed by atoms with Crippen LogP contribution >= 0.6 is 0 Å². The Bertz CT molecular complexity index is 1440. The van der Waals surface area contributed by atoms with E-state index in [2.05, 4.69) is 0 Å². The minimum Gasteiger partial charge on any atom is -0.480 e. The quantitative estimate of drug-likeness (QED) is 0.281. The second-order valence-electron chi connectivity index (χ2n) is 9.90. The van der Waals surface area contributed by atoms with Gasteiger partial charge >= 0.3 is 23.7 Å². The Labute approximate surface area is 236 Å². The number of hydrogen-bond donors (Lipinski definition) is 3. The number of amides is 1. The zero-order chi connectivity index (χ0) is 29.6. The summed E-state index contributed by atoms with van der Waals surface area (Å²) in [5.74, 6) is -9.35. The average Bonchev–Trinajstić information content (AvgIpc) is 3.43. The van der Waals surface area contributed by atoms with Crippen LogP contribution in [-0.2, 0) is 35.1 Å². The number of carboxylic acids is 3. The standard InChI is InChI=1S/C31H31NO9/c1-20(32(18-27(33)34)28(35)26-19-40-31(41-26,29(36)37)30(38)39)23(14-11-21-7-3-2-4-8-21)15-12-22-13-16-24-9-5-6-10-25(24)17-22/h2-10,12-13,15-17,20,23,26H,11,14,18-19H2,1H3,(H,33,34)(H,36,37)(H,38,39). The molecule has 1 saturated heterocycles. The molecule has 3 unspecified atom stereocenters. The van der Waals surface area contributed by atoms with Gasteiger partial charge in [0.1, 0.15) is 6.54 Å². The van der Waals surface area contributed by atoms with Crippen LogP contribution in [0.1, 0.15) is 24.5 Å². The van der Waals surface area contributed by atoms with Gasteiger partial charge in [0.05, 0.1) is 6.61 Å². The summed E-state index contributed by atoms with van der Waals surface area (Å²) in [6.45, 7) is 0.360. The highest BCUT2D eigenvalue weighted by atomic mass is 16.8. The Morgan fingerprint density at radius 1 is 0.951 bits per heavy atom. The molecule has 4 rings (SSSR count). The van der Waals surface area contributed by atoms with Crippen molar-refractivity contribution < 1.29 is 44.0 Å². The molecule has 1 fully saturated rings. The fourth-order valence-corrected chi connectivity index (χ4v) is 4.91. The molecule has 0 radical (unpaired) electrons. The number of carbonyl (C=O) groups excluding carboxylic acids is 1. The van der Waals surface area contributed by atoms with E-state index < -0.39 is 54.9 Å². The Kier molecular flexibility index (Phi) is 9.16. The highest BCUT2D eigenvalue weighted by molar-refractivity contribution is 6.01. The fourth-order valence-electron chi connectivity index (χ4n) is 4.91. The number of carbonyl (C=O) groups is 4. The number of aryl methyl sites for hydroxylation is 1. The molecular weight excluding hydrogens is 530 g/mol. The van der Waals surface area contributed by atoms with E-state index in [1.807, 2.05) is 84.9 Å². The number of fused-ring (bicyclic) bond motifs is 1. The van der Waals surface area contributed by atoms with Gasteiger partial charge in [0.25, 0.3) is 5.91 Å². The molecule has 0 aromatic heterocycles. The summed E-state index contributed by atoms with van der Waals surface area (Å²) in [7, 11) is 0. The molecule has 1 aliphatic heterocycles. The van der Waals surface area contributed by atoms with Gasteiger partial charge in [-0.15, -0.1) is 0 Å². The summed E-state index contributed by atoms with van der Waals surface area (Å²) >= 11 is 0. The van der Waals surface area contributed by atoms with Crippen molar-refractivity contribution in [3.05, 3.63) is 90.0 Å². The van der Waals surface area contributed by atoms with Gasteiger partial charge in [0.2, 0.25) is 0 Å². The first kappa shape index (κ1) is 29.4. The van der Waals surface area contributed by atoms with E-state index in [9.17, 15) is 34.5 Å². The minimum absolute atomic E-state index is 0.323. The molecular formula is C31H31NO9. The highest BCUT2D eigenvalue weighted by Crippen LogP contribution is 2.28. The average molecular weight is 562 g/mol. The van der Waals surface area contributed by atoms with E-state index in [0.717, 1.165) is 26.8 Å². The van der Waals surface area contributed by atoms with E-state index in [-0.39, 0.29) is 5.92 Å². The van der Waals surface area contributed by atoms with Gasteiger partial charge < -0.3 is 29.7 Å². The summed E-state index contributed by atoms with van der Waals surface area (Å²) in [6.07, 6.45) is 3.47. The lowest BCUT2D eigenvalue weighted by molar-refractivity contribution is -0.218. The lowest BCUT2D eigenvalue weighted by Gasteiger charge is -2.34. The summed E-state index contributed by atoms with van der Waals surface area (Å²) < 4.78 is 10.0. The smallest absolute Gasteiger partial charge is 0.377 e. The molecule has 0 saturated carbocycles. The third kappa shape index (κ3) is 6.79. The van der Waals surface area contributed by atoms with Crippen molar-refractivity contribution in [1.82, 2.24) is 4.90 Å². The number of ether oxygens (including phenoxy) is 2. The summed E-state index contributed by atoms with van der Waals surface area (Å²) in [6, 6.07) is 23.0. The van der Waals surface area contributed by atoms with Crippen molar-refractivity contribution in [3.63, 3.8) is 0 Å². The van der Waals surface area contributed by atoms with Crippen LogP contribution in [0.15, 0.2) is 78.9 Å². The minimum atomic E-state index is -3.04. The van der Waals surface area contributed by atoms with E-state index in [1.165, 1.54) is 0 Å². The second-order valence-corrected chi connectivity index (χ2v) is 9.90. The molecule has 0 bridgehead atoms. The lowest BCUT2D eigenvalue weighted by Crippen LogP contribution is -2.52. The number of aliphatic carboxylic acids is 3. The number of hydrogen-bond acceptors (Lipinski definition) is 6. The van der Waals surface area contributed by atoms with E-state index in [4.69, 9.17) is 9.47 Å². The zero-order valence-electron chi connectivity index (χ0n) is 22.4. The third-order valence-electron chi connectivity index (χ3n) is 7.20. The maximum atomic E-state index is 13.5. The maximum Gasteiger partial charge on any atom is 0.377 e. The molecule has 3 aromatic rings. The topological polar surface area (TPSA) is 151 Å². The molecule has 41 heavy (non-hydrogen) atoms. The van der Waals surface area contributed by atoms with Crippen LogP contribution in [0, 0.1) is 5.92 Å². The van der Waals surface area contributed by atoms with Crippen LogP contribution in [0.5, 0.6) is 0 Å². The van der Waals surface area contributed by atoms with Crippen LogP contribution in [-0.4, -0.2) is 75.1 Å². The molecule has 1 heterocycles. The Balaban J connectivity index is 1.62. The Hall–Kier alpha value is -4.54. The second kappa shape index (κ2) is 12.8. The van der Waals surface area contributed by atoms with Crippen molar-refractivity contribution in [2.45, 2.75) is 37.7 Å². The van der Waals surface area contributed by atoms with Crippen LogP contribution in [0.3, 0.4) is 0 Å². The predicted octanol–water partition coefficient (Wildman–Crippen LogP) is 3.68. The zero-order valence-corrected chi connectivity index (χ0v) is 22.4. The lowest BCUT2D eigenvalue weighted by atomic mass is 9.90. The molecule has 3 N–H and O–H groups in total. The monoisotopic (exact) mass is 561 g/mol. The van der Waals surface area contributed by atoms with Gasteiger partial charge in [-0.3, -0.25) is 9.59 Å². The first-order chi connectivity index (χ1) is 19.6. The molecule has 10 nitrogen and oxygen atoms in total. The number of carboxylic acid groups (broad SMARTS) is 3. The highest BCUT2D eigenvalue weighted by Gasteiger charge is 2.58. The number of nitrogens with zero attached hydrogens (tertiary/aromatic N) is 1. The van der Waals surface area contributed by atoms with Gasteiger partial charge in [-0.25, -0.2) is 9.59 Å². The van der Waals surface area contributed by atoms with E-state index in [0.29, 0.717) is 12.8 Å². The number of rotatable bonds is 12. The molecule has 0 aliphatic carbocycles. The first-order valence-corrected chi connectivity index (χ1v) is 13.1. The Morgan fingerprint density at radius 3 is 2.24 bits per heavy atom. The van der Waals surface area contributed by atoms with Crippen molar-refractivity contribution >= 4 is 40.7 Å². The van der Waals surface area contributed by atoms with Gasteiger partial charge in [-0.2, -0.15) is 0 Å². The van der Waals surface area contributed by atoms with Crippen LogP contribution in [0.25, 0.3) is 16.8 Å². The largest absolute Gasteiger partial charge is 0.480 e. The maximum absolute atomic E-state index is 13.5. The molecule has 3 aromatic carbocycles. The summed E-state index contributed by atoms with van der Waals surface area (Å²) in [5.41, 5.74) is 2.00. The van der Waals surface area contributed by atoms with E-state index in [1.54, 1.807) is 6.92 Å². The molecule has 10 heteroatoms. The van der Waals surface area contributed by atoms with Crippen LogP contribution in [0.2, 0.25) is 0 Å². The third-order valence-corrected chi connectivity index (χ3v) is 7.20. The summed E-state index contributed by atoms with van der Waals surface area (Å²) in [4.78, 5) is 49.6. The van der Waals surface area contributed by atoms with Crippen molar-refractivity contribution in [3.8, 4) is 0 Å². The molecule has 214 valence electrons. The van der Waals surface area contributed by atoms with Gasteiger partial charge in [0, 0.05) is 6.04 Å². The summed E-state index contributed by atoms with van der Waals surface area (Å²) in [5, 5.41) is 30.5. The first-order valence-electron chi connectivity index (χ1n) is 13.1. The van der Waals surface area contributed by atoms with Gasteiger partial charge in [-0.1, -0.05) is 78.9 Å². The predicted molar refractivity (Wildman–Crippen MR) is 149 cm³/mol. The van der Waals surface area contributed by atoms with E-state index >= 15 is 0 Å². The van der Waals surface area contributed by atoms with Crippen LogP contribution in [0.4, 0.5) is 0 Å². The molecule has 1 aliphatic rings. The fraction of sp³-hybridized carbons (Fsp3) is 0.290. The SMILES string of the molecule is CC(C(C=Cc1ccc2ccccc2c1)CCc1ccccc1)N(CC(=O)O)C(=O)C1COC(C(=O)O)(C(=O)O)O1. The van der Waals surface area contributed by atoms with Gasteiger partial charge in [0.15, 0.2) is 6.10 Å².